The fourth-order valence-electron chi connectivity index (χ4n) is 3.15. The van der Waals surface area contributed by atoms with Gasteiger partial charge in [0.25, 0.3) is 0 Å². The third-order valence-electron chi connectivity index (χ3n) is 4.55. The SMILES string of the molecule is O=C(Cc1ccc(Cl)cc1)NC1CCN(Cc2ccc(Cl)cc2)CC1. The molecule has 0 aromatic heterocycles. The molecule has 1 N–H and O–H groups in total. The summed E-state index contributed by atoms with van der Waals surface area (Å²) in [5, 5.41) is 4.62. The standard InChI is InChI=1S/C20H22Cl2N2O/c21-17-5-1-15(2-6-17)13-20(25)23-19-9-11-24(12-10-19)14-16-3-7-18(22)8-4-16/h1-8,19H,9-14H2,(H,23,25). The Bertz CT molecular complexity index is 693. The molecule has 0 bridgehead atoms. The van der Waals surface area contributed by atoms with Crippen LogP contribution in [0.2, 0.25) is 10.0 Å². The third kappa shape index (κ3) is 5.74. The van der Waals surface area contributed by atoms with E-state index in [-0.39, 0.29) is 11.9 Å². The van der Waals surface area contributed by atoms with E-state index in [1.807, 2.05) is 36.4 Å². The fraction of sp³-hybridized carbons (Fsp3) is 0.350. The van der Waals surface area contributed by atoms with Crippen molar-refractivity contribution >= 4 is 29.1 Å². The summed E-state index contributed by atoms with van der Waals surface area (Å²) in [7, 11) is 0. The fourth-order valence-corrected chi connectivity index (χ4v) is 3.40. The number of likely N-dealkylation sites (tertiary alicyclic amines) is 1. The number of rotatable bonds is 5. The van der Waals surface area contributed by atoms with Crippen molar-refractivity contribution in [2.24, 2.45) is 0 Å². The van der Waals surface area contributed by atoms with E-state index in [1.165, 1.54) is 5.56 Å². The van der Waals surface area contributed by atoms with Crippen LogP contribution in [0, 0.1) is 0 Å². The Hall–Kier alpha value is -1.55. The van der Waals surface area contributed by atoms with Crippen molar-refractivity contribution < 1.29 is 4.79 Å². The molecule has 1 aliphatic rings. The molecule has 2 aromatic rings. The number of benzene rings is 2. The maximum Gasteiger partial charge on any atom is 0.224 e. The van der Waals surface area contributed by atoms with Crippen LogP contribution >= 0.6 is 23.2 Å². The Morgan fingerprint density at radius 3 is 2.00 bits per heavy atom. The second-order valence-corrected chi connectivity index (χ2v) is 7.42. The quantitative estimate of drug-likeness (QED) is 0.842. The lowest BCUT2D eigenvalue weighted by molar-refractivity contribution is -0.121. The predicted octanol–water partition coefficient (Wildman–Crippen LogP) is 4.32. The minimum absolute atomic E-state index is 0.0819. The van der Waals surface area contributed by atoms with Gasteiger partial charge in [0.05, 0.1) is 6.42 Å². The van der Waals surface area contributed by atoms with E-state index in [0.29, 0.717) is 11.4 Å². The van der Waals surface area contributed by atoms with Crippen LogP contribution in [0.15, 0.2) is 48.5 Å². The van der Waals surface area contributed by atoms with Crippen LogP contribution in [0.3, 0.4) is 0 Å². The van der Waals surface area contributed by atoms with Crippen LogP contribution in [-0.4, -0.2) is 29.9 Å². The molecule has 5 heteroatoms. The molecule has 0 radical (unpaired) electrons. The molecular formula is C20H22Cl2N2O. The van der Waals surface area contributed by atoms with Gasteiger partial charge in [-0.3, -0.25) is 9.69 Å². The molecule has 1 aliphatic heterocycles. The van der Waals surface area contributed by atoms with Gasteiger partial charge in [0.1, 0.15) is 0 Å². The number of carbonyl (C=O) groups excluding carboxylic acids is 1. The highest BCUT2D eigenvalue weighted by molar-refractivity contribution is 6.30. The lowest BCUT2D eigenvalue weighted by Crippen LogP contribution is -2.44. The zero-order valence-electron chi connectivity index (χ0n) is 14.1. The molecule has 1 saturated heterocycles. The number of hydrogen-bond acceptors (Lipinski definition) is 2. The normalized spacial score (nSPS) is 15.9. The molecule has 0 saturated carbocycles. The van der Waals surface area contributed by atoms with Gasteiger partial charge >= 0.3 is 0 Å². The average molecular weight is 377 g/mol. The van der Waals surface area contributed by atoms with Gasteiger partial charge in [-0.1, -0.05) is 47.5 Å². The summed E-state index contributed by atoms with van der Waals surface area (Å²) < 4.78 is 0. The summed E-state index contributed by atoms with van der Waals surface area (Å²) >= 11 is 11.8. The van der Waals surface area contributed by atoms with Crippen molar-refractivity contribution in [3.63, 3.8) is 0 Å². The Labute approximate surface area is 158 Å². The Morgan fingerprint density at radius 2 is 1.44 bits per heavy atom. The summed E-state index contributed by atoms with van der Waals surface area (Å²) in [5.74, 6) is 0.0819. The van der Waals surface area contributed by atoms with Crippen LogP contribution in [-0.2, 0) is 17.8 Å². The topological polar surface area (TPSA) is 32.3 Å². The van der Waals surface area contributed by atoms with Gasteiger partial charge in [0.15, 0.2) is 0 Å². The van der Waals surface area contributed by atoms with Crippen molar-refractivity contribution in [1.29, 1.82) is 0 Å². The zero-order valence-corrected chi connectivity index (χ0v) is 15.6. The van der Waals surface area contributed by atoms with Crippen LogP contribution < -0.4 is 5.32 Å². The molecule has 1 heterocycles. The molecule has 3 rings (SSSR count). The van der Waals surface area contributed by atoms with Gasteiger partial charge in [0, 0.05) is 35.7 Å². The highest BCUT2D eigenvalue weighted by atomic mass is 35.5. The first-order valence-electron chi connectivity index (χ1n) is 8.59. The Morgan fingerprint density at radius 1 is 0.920 bits per heavy atom. The maximum atomic E-state index is 12.2. The van der Waals surface area contributed by atoms with Crippen molar-refractivity contribution in [2.75, 3.05) is 13.1 Å². The monoisotopic (exact) mass is 376 g/mol. The molecule has 0 unspecified atom stereocenters. The molecule has 25 heavy (non-hydrogen) atoms. The minimum Gasteiger partial charge on any atom is -0.353 e. The van der Waals surface area contributed by atoms with Crippen molar-refractivity contribution in [1.82, 2.24) is 10.2 Å². The number of nitrogens with one attached hydrogen (secondary N) is 1. The first kappa shape index (κ1) is 18.2. The first-order chi connectivity index (χ1) is 12.1. The van der Waals surface area contributed by atoms with E-state index in [4.69, 9.17) is 23.2 Å². The second kappa shape index (κ2) is 8.70. The van der Waals surface area contributed by atoms with Gasteiger partial charge in [-0.2, -0.15) is 0 Å². The molecule has 1 fully saturated rings. The molecule has 0 atom stereocenters. The van der Waals surface area contributed by atoms with Gasteiger partial charge in [-0.25, -0.2) is 0 Å². The van der Waals surface area contributed by atoms with Crippen molar-refractivity contribution in [3.8, 4) is 0 Å². The number of carbonyl (C=O) groups is 1. The summed E-state index contributed by atoms with van der Waals surface area (Å²) in [6.07, 6.45) is 2.38. The van der Waals surface area contributed by atoms with Crippen LogP contribution in [0.25, 0.3) is 0 Å². The second-order valence-electron chi connectivity index (χ2n) is 6.55. The van der Waals surface area contributed by atoms with E-state index < -0.39 is 0 Å². The largest absolute Gasteiger partial charge is 0.353 e. The lowest BCUT2D eigenvalue weighted by atomic mass is 10.0. The number of halogens is 2. The molecule has 0 aliphatic carbocycles. The highest BCUT2D eigenvalue weighted by Crippen LogP contribution is 2.16. The number of piperidine rings is 1. The molecular weight excluding hydrogens is 355 g/mol. The van der Waals surface area contributed by atoms with Gasteiger partial charge < -0.3 is 5.32 Å². The lowest BCUT2D eigenvalue weighted by Gasteiger charge is -2.32. The van der Waals surface area contributed by atoms with Gasteiger partial charge in [0.2, 0.25) is 5.91 Å². The van der Waals surface area contributed by atoms with Crippen LogP contribution in [0.4, 0.5) is 0 Å². The van der Waals surface area contributed by atoms with Gasteiger partial charge in [-0.05, 0) is 48.2 Å². The Kier molecular flexibility index (Phi) is 6.35. The smallest absolute Gasteiger partial charge is 0.224 e. The molecule has 0 spiro atoms. The minimum atomic E-state index is 0.0819. The summed E-state index contributed by atoms with van der Waals surface area (Å²) in [4.78, 5) is 14.6. The van der Waals surface area contributed by atoms with Crippen LogP contribution in [0.5, 0.6) is 0 Å². The van der Waals surface area contributed by atoms with E-state index in [0.717, 1.165) is 43.1 Å². The van der Waals surface area contributed by atoms with Gasteiger partial charge in [-0.15, -0.1) is 0 Å². The van der Waals surface area contributed by atoms with E-state index in [9.17, 15) is 4.79 Å². The average Bonchev–Trinajstić information content (AvgIpc) is 2.61. The van der Waals surface area contributed by atoms with E-state index in [2.05, 4.69) is 22.3 Å². The number of hydrogen-bond donors (Lipinski definition) is 1. The molecule has 1 amide bonds. The summed E-state index contributed by atoms with van der Waals surface area (Å²) in [5.41, 5.74) is 2.26. The third-order valence-corrected chi connectivity index (χ3v) is 5.05. The first-order valence-corrected chi connectivity index (χ1v) is 9.35. The number of nitrogens with zero attached hydrogens (tertiary/aromatic N) is 1. The molecule has 2 aromatic carbocycles. The van der Waals surface area contributed by atoms with E-state index in [1.54, 1.807) is 0 Å². The molecule has 132 valence electrons. The number of amides is 1. The summed E-state index contributed by atoms with van der Waals surface area (Å²) in [6, 6.07) is 15.7. The zero-order chi connectivity index (χ0) is 17.6. The van der Waals surface area contributed by atoms with Crippen LogP contribution in [0.1, 0.15) is 24.0 Å². The van der Waals surface area contributed by atoms with Crippen molar-refractivity contribution in [2.45, 2.75) is 31.8 Å². The Balaban J connectivity index is 1.42. The van der Waals surface area contributed by atoms with E-state index >= 15 is 0 Å². The maximum absolute atomic E-state index is 12.2. The highest BCUT2D eigenvalue weighted by Gasteiger charge is 2.20. The summed E-state index contributed by atoms with van der Waals surface area (Å²) in [6.45, 7) is 2.92. The predicted molar refractivity (Wildman–Crippen MR) is 103 cm³/mol. The van der Waals surface area contributed by atoms with Crippen molar-refractivity contribution in [3.05, 3.63) is 69.7 Å². The molecule has 3 nitrogen and oxygen atoms in total.